The van der Waals surface area contributed by atoms with Crippen LogP contribution in [0, 0.1) is 0 Å². The minimum absolute atomic E-state index is 0.216. The van der Waals surface area contributed by atoms with E-state index in [1.807, 2.05) is 30.3 Å². The number of aromatic nitrogens is 5. The molecule has 0 atom stereocenters. The number of ether oxygens (including phenoxy) is 2. The lowest BCUT2D eigenvalue weighted by Gasteiger charge is -2.14. The smallest absolute Gasteiger partial charge is 0.335 e. The molecular weight excluding hydrogens is 879 g/mol. The molecule has 0 unspecified atom stereocenters. The van der Waals surface area contributed by atoms with E-state index in [1.165, 1.54) is 103 Å². The van der Waals surface area contributed by atoms with Gasteiger partial charge in [0.2, 0.25) is 0 Å². The molecule has 6 heterocycles. The minimum atomic E-state index is -0.975. The van der Waals surface area contributed by atoms with Crippen LogP contribution in [0.15, 0.2) is 97.3 Å². The van der Waals surface area contributed by atoms with E-state index in [0.717, 1.165) is 115 Å². The highest BCUT2D eigenvalue weighted by Crippen LogP contribution is 2.39. The van der Waals surface area contributed by atoms with Crippen LogP contribution in [0.3, 0.4) is 0 Å². The van der Waals surface area contributed by atoms with Crippen LogP contribution in [0.2, 0.25) is 0 Å². The number of aromatic amines is 2. The topological polar surface area (TPSA) is 126 Å². The second-order valence-electron chi connectivity index (χ2n) is 19.2. The summed E-state index contributed by atoms with van der Waals surface area (Å²) in [5.74, 6) is 0.582. The highest BCUT2D eigenvalue weighted by atomic mass is 16.5. The summed E-state index contributed by atoms with van der Waals surface area (Å²) in [6, 6.07) is 27.7. The Morgan fingerprint density at radius 1 is 0.465 bits per heavy atom. The number of hydrogen-bond donors (Lipinski definition) is 3. The number of carboxylic acid groups (broad SMARTS) is 1. The number of aromatic carboxylic acids is 1. The molecule has 0 amide bonds. The number of rotatable bonds is 28. The highest BCUT2D eigenvalue weighted by Gasteiger charge is 2.19. The molecule has 0 saturated carbocycles. The van der Waals surface area contributed by atoms with Crippen molar-refractivity contribution in [3.05, 3.63) is 126 Å². The van der Waals surface area contributed by atoms with Crippen molar-refractivity contribution >= 4 is 52.3 Å². The third kappa shape index (κ3) is 14.2. The molecular formula is C62H73N5O4. The van der Waals surface area contributed by atoms with Gasteiger partial charge in [0, 0.05) is 57.2 Å². The fraction of sp³-hybridized carbons (Fsp3) is 0.387. The molecule has 8 rings (SSSR count). The largest absolute Gasteiger partial charge is 0.493 e. The van der Waals surface area contributed by atoms with Crippen molar-refractivity contribution in [2.24, 2.45) is 0 Å². The van der Waals surface area contributed by atoms with E-state index in [9.17, 15) is 9.90 Å². The van der Waals surface area contributed by atoms with Crippen molar-refractivity contribution < 1.29 is 19.4 Å². The van der Waals surface area contributed by atoms with Crippen molar-refractivity contribution in [3.63, 3.8) is 0 Å². The molecule has 0 aliphatic carbocycles. The van der Waals surface area contributed by atoms with Gasteiger partial charge in [0.15, 0.2) is 0 Å². The molecule has 9 heteroatoms. The third-order valence-corrected chi connectivity index (χ3v) is 13.7. The first-order chi connectivity index (χ1) is 35.0. The fourth-order valence-electron chi connectivity index (χ4n) is 9.79. The molecule has 9 nitrogen and oxygen atoms in total. The summed E-state index contributed by atoms with van der Waals surface area (Å²) in [5.41, 5.74) is 12.3. The van der Waals surface area contributed by atoms with Gasteiger partial charge in [0.05, 0.1) is 41.6 Å². The van der Waals surface area contributed by atoms with Crippen molar-refractivity contribution in [1.82, 2.24) is 24.9 Å². The molecule has 370 valence electrons. The van der Waals surface area contributed by atoms with Crippen molar-refractivity contribution in [1.29, 1.82) is 0 Å². The molecule has 0 spiro atoms. The lowest BCUT2D eigenvalue weighted by Crippen LogP contribution is -2.01. The molecule has 71 heavy (non-hydrogen) atoms. The van der Waals surface area contributed by atoms with Crippen molar-refractivity contribution in [2.75, 3.05) is 13.2 Å². The number of benzene rings is 2. The first-order valence-electron chi connectivity index (χ1n) is 26.8. The predicted molar refractivity (Wildman–Crippen MR) is 295 cm³/mol. The number of fused-ring (bicyclic) bond motifs is 8. The second kappa shape index (κ2) is 26.5. The van der Waals surface area contributed by atoms with Gasteiger partial charge < -0.3 is 24.5 Å². The Morgan fingerprint density at radius 2 is 0.915 bits per heavy atom. The zero-order valence-corrected chi connectivity index (χ0v) is 42.1. The van der Waals surface area contributed by atoms with Gasteiger partial charge in [0.25, 0.3) is 0 Å². The van der Waals surface area contributed by atoms with Gasteiger partial charge in [-0.25, -0.2) is 14.8 Å². The van der Waals surface area contributed by atoms with Crippen molar-refractivity contribution in [3.8, 4) is 44.9 Å². The first-order valence-corrected chi connectivity index (χ1v) is 26.8. The van der Waals surface area contributed by atoms with Crippen molar-refractivity contribution in [2.45, 2.75) is 142 Å². The molecule has 2 aromatic carbocycles. The average Bonchev–Trinajstić information content (AvgIpc) is 4.24. The Kier molecular flexibility index (Phi) is 18.9. The Bertz CT molecular complexity index is 2850. The summed E-state index contributed by atoms with van der Waals surface area (Å²) < 4.78 is 13.2. The molecule has 2 aliphatic heterocycles. The Hall–Kier alpha value is -6.74. The van der Waals surface area contributed by atoms with E-state index < -0.39 is 5.97 Å². The van der Waals surface area contributed by atoms with Crippen LogP contribution in [0.5, 0.6) is 11.5 Å². The number of nitrogens with zero attached hydrogens (tertiary/aromatic N) is 3. The number of unbranched alkanes of at least 4 members (excludes halogenated alkanes) is 18. The molecule has 0 saturated heterocycles. The zero-order valence-electron chi connectivity index (χ0n) is 42.1. The second-order valence-corrected chi connectivity index (χ2v) is 19.2. The Balaban J connectivity index is 1.17. The molecule has 0 radical (unpaired) electrons. The van der Waals surface area contributed by atoms with Gasteiger partial charge in [-0.3, -0.25) is 4.98 Å². The Morgan fingerprint density at radius 3 is 1.45 bits per heavy atom. The fourth-order valence-corrected chi connectivity index (χ4v) is 9.79. The summed E-state index contributed by atoms with van der Waals surface area (Å²) in [5, 5.41) is 9.83. The van der Waals surface area contributed by atoms with Crippen LogP contribution in [-0.4, -0.2) is 49.2 Å². The molecule has 0 fully saturated rings. The van der Waals surface area contributed by atoms with Crippen LogP contribution in [-0.2, 0) is 0 Å². The highest BCUT2D eigenvalue weighted by molar-refractivity contribution is 5.98. The third-order valence-electron chi connectivity index (χ3n) is 13.7. The monoisotopic (exact) mass is 952 g/mol. The van der Waals surface area contributed by atoms with Gasteiger partial charge >= 0.3 is 5.97 Å². The van der Waals surface area contributed by atoms with E-state index in [2.05, 4.69) is 95.6 Å². The Labute approximate surface area is 421 Å². The quantitative estimate of drug-likeness (QED) is 0.0417. The number of H-pyrrole nitrogens is 2. The SMILES string of the molecule is CCCCCCCCCCCCOc1cc(OCCCCCCCCCCCC)cc(-c2c3nc(c(-c4ccc(C(=O)O)cc4)c4ccc([nH]4)c(-c4ccncc4)c4nc(cc5ccc2[nH]5)C=C4)C=C3)c1. The molecule has 8 bridgehead atoms. The summed E-state index contributed by atoms with van der Waals surface area (Å²) in [7, 11) is 0. The standard InChI is InChI=1S/C62H73N5O4/c1-3-5-7-9-11-13-15-17-19-21-39-70-51-41-48(42-52(44-51)71-40-22-20-18-16-14-12-10-8-6-4-2)61-54-30-28-50(65-54)43-49-27-29-53(64-49)60(46-35-37-63-38-36-46)57-32-31-55(66-57)59(56-33-34-58(61)67-56)45-23-25-47(26-24-45)62(68)69/h23-38,41-44,65-66H,3-22,39-40H2,1-2H3,(H,68,69). The van der Waals surface area contributed by atoms with Gasteiger partial charge in [-0.05, 0) is 121 Å². The van der Waals surface area contributed by atoms with Crippen LogP contribution in [0.4, 0.5) is 0 Å². The summed E-state index contributed by atoms with van der Waals surface area (Å²) in [6.45, 7) is 5.83. The lowest BCUT2D eigenvalue weighted by molar-refractivity contribution is 0.0697. The minimum Gasteiger partial charge on any atom is -0.493 e. The van der Waals surface area contributed by atoms with E-state index in [0.29, 0.717) is 13.2 Å². The van der Waals surface area contributed by atoms with Crippen LogP contribution in [0.1, 0.15) is 175 Å². The number of hydrogen-bond acceptors (Lipinski definition) is 6. The summed E-state index contributed by atoms with van der Waals surface area (Å²) in [4.78, 5) is 34.3. The maximum Gasteiger partial charge on any atom is 0.335 e. The molecule has 6 aromatic rings. The molecule has 4 aromatic heterocycles. The first kappa shape index (κ1) is 50.6. The maximum absolute atomic E-state index is 12.0. The predicted octanol–water partition coefficient (Wildman–Crippen LogP) is 17.3. The van der Waals surface area contributed by atoms with Gasteiger partial charge in [-0.1, -0.05) is 142 Å². The number of carboxylic acids is 1. The van der Waals surface area contributed by atoms with E-state index >= 15 is 0 Å². The van der Waals surface area contributed by atoms with E-state index in [4.69, 9.17) is 19.4 Å². The van der Waals surface area contributed by atoms with E-state index in [-0.39, 0.29) is 5.56 Å². The van der Waals surface area contributed by atoms with Gasteiger partial charge in [-0.2, -0.15) is 0 Å². The van der Waals surface area contributed by atoms with Crippen LogP contribution in [0.25, 0.3) is 79.8 Å². The number of nitrogens with one attached hydrogen (secondary N) is 2. The lowest BCUT2D eigenvalue weighted by atomic mass is 10.0. The van der Waals surface area contributed by atoms with E-state index in [1.54, 1.807) is 24.5 Å². The molecule has 3 N–H and O–H groups in total. The number of carbonyl (C=O) groups is 1. The zero-order chi connectivity index (χ0) is 49.0. The van der Waals surface area contributed by atoms with Gasteiger partial charge in [0.1, 0.15) is 11.5 Å². The summed E-state index contributed by atoms with van der Waals surface area (Å²) >= 11 is 0. The van der Waals surface area contributed by atoms with Crippen LogP contribution < -0.4 is 9.47 Å². The normalized spacial score (nSPS) is 11.9. The molecule has 2 aliphatic rings. The average molecular weight is 952 g/mol. The van der Waals surface area contributed by atoms with Crippen LogP contribution >= 0.6 is 0 Å². The van der Waals surface area contributed by atoms with Gasteiger partial charge in [-0.15, -0.1) is 0 Å². The number of pyridine rings is 1. The summed E-state index contributed by atoms with van der Waals surface area (Å²) in [6.07, 6.45) is 37.2. The maximum atomic E-state index is 12.0.